The number of halogens is 2. The number of aryl methyl sites for hydroxylation is 2. The topological polar surface area (TPSA) is 0 Å². The molecule has 0 saturated heterocycles. The number of hydrogen-bond acceptors (Lipinski definition) is 1. The van der Waals surface area contributed by atoms with Gasteiger partial charge in [0.2, 0.25) is 0 Å². The monoisotopic (exact) mass is 862 g/mol. The summed E-state index contributed by atoms with van der Waals surface area (Å²) in [7, 11) is 0. The van der Waals surface area contributed by atoms with Gasteiger partial charge in [-0.2, -0.15) is 0 Å². The van der Waals surface area contributed by atoms with Crippen LogP contribution in [0.4, 0.5) is 0 Å². The Balaban J connectivity index is 1.26. The van der Waals surface area contributed by atoms with Crippen molar-refractivity contribution in [3.8, 4) is 22.3 Å². The minimum atomic E-state index is 1.09. The van der Waals surface area contributed by atoms with Crippen LogP contribution in [0.15, 0.2) is 152 Å². The molecule has 276 valence electrons. The fraction of sp³-hybridized carbons (Fsp3) is 0.231. The Bertz CT molecular complexity index is 2460. The summed E-state index contributed by atoms with van der Waals surface area (Å²) in [5.41, 5.74) is 7.89. The van der Waals surface area contributed by atoms with Gasteiger partial charge in [0.15, 0.2) is 0 Å². The van der Waals surface area contributed by atoms with Crippen LogP contribution in [0.25, 0.3) is 65.3 Å². The standard InChI is InChI=1S/C52H48Br2S/c1-3-5-7-9-11-35-13-15-37-17-19-41(31-43(37)29-35)47-27-23-39-21-25-45(53)33-49(39)51(47)55-52-48(28-24-40-22-26-46(54)34-50(40)52)42-20-18-38-16-14-36(30-44(38)32-42)12-10-8-6-4-2/h13-34H,3-12H2,1-2H3. The van der Waals surface area contributed by atoms with Crippen molar-refractivity contribution < 1.29 is 0 Å². The molecular weight excluding hydrogens is 816 g/mol. The van der Waals surface area contributed by atoms with Crippen LogP contribution >= 0.6 is 43.6 Å². The lowest BCUT2D eigenvalue weighted by Crippen LogP contribution is -1.91. The SMILES string of the molecule is CCCCCCc1ccc2ccc(-c3ccc4ccc(Br)cc4c3Sc3c(-c4ccc5ccc(CCCCCC)cc5c4)ccc4ccc(Br)cc34)cc2c1. The first-order chi connectivity index (χ1) is 27.0. The van der Waals surface area contributed by atoms with E-state index < -0.39 is 0 Å². The molecule has 0 heterocycles. The van der Waals surface area contributed by atoms with E-state index in [0.717, 1.165) is 21.8 Å². The molecule has 0 amide bonds. The number of benzene rings is 8. The Morgan fingerprint density at radius 1 is 0.382 bits per heavy atom. The second-order valence-electron chi connectivity index (χ2n) is 15.1. The van der Waals surface area contributed by atoms with Crippen molar-refractivity contribution in [3.63, 3.8) is 0 Å². The molecule has 55 heavy (non-hydrogen) atoms. The molecule has 0 aliphatic heterocycles. The van der Waals surface area contributed by atoms with Gasteiger partial charge in [0, 0.05) is 18.7 Å². The Kier molecular flexibility index (Phi) is 12.1. The highest BCUT2D eigenvalue weighted by Gasteiger charge is 2.18. The van der Waals surface area contributed by atoms with E-state index in [9.17, 15) is 0 Å². The normalized spacial score (nSPS) is 11.7. The van der Waals surface area contributed by atoms with E-state index >= 15 is 0 Å². The lowest BCUT2D eigenvalue weighted by molar-refractivity contribution is 0.667. The van der Waals surface area contributed by atoms with Crippen LogP contribution in [0.1, 0.15) is 76.3 Å². The fourth-order valence-electron chi connectivity index (χ4n) is 8.06. The third kappa shape index (κ3) is 8.60. The van der Waals surface area contributed by atoms with E-state index in [2.05, 4.69) is 179 Å². The maximum absolute atomic E-state index is 3.84. The maximum atomic E-state index is 3.84. The third-order valence-electron chi connectivity index (χ3n) is 11.1. The van der Waals surface area contributed by atoms with Gasteiger partial charge in [-0.15, -0.1) is 0 Å². The molecule has 8 aromatic rings. The van der Waals surface area contributed by atoms with Crippen molar-refractivity contribution in [2.45, 2.75) is 87.8 Å². The maximum Gasteiger partial charge on any atom is 0.0280 e. The zero-order chi connectivity index (χ0) is 37.7. The lowest BCUT2D eigenvalue weighted by atomic mass is 9.96. The van der Waals surface area contributed by atoms with E-state index in [-0.39, 0.29) is 0 Å². The van der Waals surface area contributed by atoms with Gasteiger partial charge in [-0.3, -0.25) is 0 Å². The number of hydrogen-bond donors (Lipinski definition) is 0. The van der Waals surface area contributed by atoms with Gasteiger partial charge in [-0.05, 0) is 139 Å². The Morgan fingerprint density at radius 3 is 1.25 bits per heavy atom. The van der Waals surface area contributed by atoms with Crippen molar-refractivity contribution in [1.29, 1.82) is 0 Å². The molecule has 8 aromatic carbocycles. The summed E-state index contributed by atoms with van der Waals surface area (Å²) in [4.78, 5) is 2.55. The number of fused-ring (bicyclic) bond motifs is 4. The van der Waals surface area contributed by atoms with Gasteiger partial charge < -0.3 is 0 Å². The van der Waals surface area contributed by atoms with Gasteiger partial charge >= 0.3 is 0 Å². The number of unbranched alkanes of at least 4 members (excludes halogenated alkanes) is 6. The highest BCUT2D eigenvalue weighted by molar-refractivity contribution is 9.10. The largest absolute Gasteiger partial charge is 0.0875 e. The summed E-state index contributed by atoms with van der Waals surface area (Å²) < 4.78 is 2.18. The second kappa shape index (κ2) is 17.5. The van der Waals surface area contributed by atoms with E-state index in [1.807, 2.05) is 11.8 Å². The smallest absolute Gasteiger partial charge is 0.0280 e. The summed E-state index contributed by atoms with van der Waals surface area (Å²) in [6, 6.07) is 50.8. The first-order valence-electron chi connectivity index (χ1n) is 20.2. The van der Waals surface area contributed by atoms with Crippen molar-refractivity contribution in [2.24, 2.45) is 0 Å². The van der Waals surface area contributed by atoms with Gasteiger partial charge in [0.1, 0.15) is 0 Å². The molecule has 0 radical (unpaired) electrons. The fourth-order valence-corrected chi connectivity index (χ4v) is 10.1. The molecule has 3 heteroatoms. The Hall–Kier alpha value is -3.89. The predicted octanol–water partition coefficient (Wildman–Crippen LogP) is 17.6. The van der Waals surface area contributed by atoms with Gasteiger partial charge in [-0.1, -0.05) is 193 Å². The van der Waals surface area contributed by atoms with Crippen LogP contribution in [0.3, 0.4) is 0 Å². The molecule has 0 N–H and O–H groups in total. The molecule has 0 spiro atoms. The Morgan fingerprint density at radius 2 is 0.800 bits per heavy atom. The molecule has 0 fully saturated rings. The molecule has 0 saturated carbocycles. The molecule has 0 unspecified atom stereocenters. The minimum absolute atomic E-state index is 1.09. The summed E-state index contributed by atoms with van der Waals surface area (Å²) in [6.07, 6.45) is 12.5. The lowest BCUT2D eigenvalue weighted by Gasteiger charge is -2.19. The van der Waals surface area contributed by atoms with Crippen LogP contribution in [-0.2, 0) is 12.8 Å². The van der Waals surface area contributed by atoms with Gasteiger partial charge in [0.25, 0.3) is 0 Å². The van der Waals surface area contributed by atoms with Crippen LogP contribution < -0.4 is 0 Å². The first kappa shape index (κ1) is 38.0. The quantitative estimate of drug-likeness (QED) is 0.0982. The average molecular weight is 865 g/mol. The van der Waals surface area contributed by atoms with Crippen LogP contribution in [-0.4, -0.2) is 0 Å². The molecule has 0 nitrogen and oxygen atoms in total. The molecule has 0 atom stereocenters. The Labute approximate surface area is 348 Å². The summed E-state index contributed by atoms with van der Waals surface area (Å²) in [5, 5.41) is 10.2. The third-order valence-corrected chi connectivity index (χ3v) is 13.4. The summed E-state index contributed by atoms with van der Waals surface area (Å²) in [5.74, 6) is 0. The minimum Gasteiger partial charge on any atom is -0.0875 e. The predicted molar refractivity (Wildman–Crippen MR) is 249 cm³/mol. The first-order valence-corrected chi connectivity index (χ1v) is 22.6. The second-order valence-corrected chi connectivity index (χ2v) is 18.0. The van der Waals surface area contributed by atoms with Gasteiger partial charge in [-0.25, -0.2) is 0 Å². The van der Waals surface area contributed by atoms with E-state index in [4.69, 9.17) is 0 Å². The van der Waals surface area contributed by atoms with Crippen molar-refractivity contribution in [1.82, 2.24) is 0 Å². The van der Waals surface area contributed by atoms with Crippen molar-refractivity contribution in [2.75, 3.05) is 0 Å². The summed E-state index contributed by atoms with van der Waals surface area (Å²) in [6.45, 7) is 4.56. The van der Waals surface area contributed by atoms with E-state index in [1.54, 1.807) is 0 Å². The molecule has 0 aromatic heterocycles. The van der Waals surface area contributed by atoms with Crippen LogP contribution in [0.2, 0.25) is 0 Å². The molecule has 0 aliphatic rings. The van der Waals surface area contributed by atoms with Gasteiger partial charge in [0.05, 0.1) is 0 Å². The van der Waals surface area contributed by atoms with Crippen LogP contribution in [0.5, 0.6) is 0 Å². The number of rotatable bonds is 14. The van der Waals surface area contributed by atoms with Crippen LogP contribution in [0, 0.1) is 0 Å². The summed E-state index contributed by atoms with van der Waals surface area (Å²) >= 11 is 9.60. The zero-order valence-corrected chi connectivity index (χ0v) is 35.9. The highest BCUT2D eigenvalue weighted by Crippen LogP contribution is 2.48. The van der Waals surface area contributed by atoms with Crippen molar-refractivity contribution in [3.05, 3.63) is 154 Å². The molecule has 0 aliphatic carbocycles. The molecule has 0 bridgehead atoms. The molecular formula is C52H48Br2S. The van der Waals surface area contributed by atoms with Crippen molar-refractivity contribution >= 4 is 86.7 Å². The zero-order valence-electron chi connectivity index (χ0n) is 31.9. The highest BCUT2D eigenvalue weighted by atomic mass is 79.9. The molecule has 8 rings (SSSR count). The van der Waals surface area contributed by atoms with E-state index in [1.165, 1.54) is 138 Å². The average Bonchev–Trinajstić information content (AvgIpc) is 3.21. The van der Waals surface area contributed by atoms with E-state index in [0.29, 0.717) is 0 Å².